The van der Waals surface area contributed by atoms with Gasteiger partial charge in [0.2, 0.25) is 0 Å². The van der Waals surface area contributed by atoms with Crippen LogP contribution in [0.5, 0.6) is 0 Å². The number of sulfonamides is 1. The maximum Gasteiger partial charge on any atom is 0.338 e. The third-order valence-electron chi connectivity index (χ3n) is 6.96. The molecule has 2 N–H and O–H groups in total. The second-order valence-corrected chi connectivity index (χ2v) is 15.2. The Labute approximate surface area is 241 Å². The summed E-state index contributed by atoms with van der Waals surface area (Å²) in [6.45, 7) is 3.27. The van der Waals surface area contributed by atoms with Crippen molar-refractivity contribution in [3.8, 4) is 0 Å². The number of amides is 1. The van der Waals surface area contributed by atoms with Crippen molar-refractivity contribution in [1.29, 1.82) is 0 Å². The fourth-order valence-corrected chi connectivity index (χ4v) is 9.75. The highest BCUT2D eigenvalue weighted by molar-refractivity contribution is 7.91. The van der Waals surface area contributed by atoms with E-state index in [4.69, 9.17) is 15.9 Å². The van der Waals surface area contributed by atoms with Gasteiger partial charge in [-0.3, -0.25) is 13.8 Å². The Balaban J connectivity index is 1.25. The summed E-state index contributed by atoms with van der Waals surface area (Å²) in [5, 5.41) is 8.93. The Morgan fingerprint density at radius 3 is 2.92 bits per heavy atom. The van der Waals surface area contributed by atoms with Crippen LogP contribution in [0.15, 0.2) is 33.6 Å². The van der Waals surface area contributed by atoms with E-state index in [2.05, 4.69) is 27.1 Å². The lowest BCUT2D eigenvalue weighted by atomic mass is 10.1. The van der Waals surface area contributed by atoms with E-state index < -0.39 is 27.3 Å². The molecule has 1 fully saturated rings. The van der Waals surface area contributed by atoms with Crippen molar-refractivity contribution >= 4 is 77.4 Å². The number of rotatable bonds is 6. The van der Waals surface area contributed by atoms with Crippen molar-refractivity contribution in [3.63, 3.8) is 0 Å². The van der Waals surface area contributed by atoms with Gasteiger partial charge in [-0.2, -0.15) is 8.51 Å². The second kappa shape index (κ2) is 10.7. The van der Waals surface area contributed by atoms with Crippen LogP contribution >= 0.6 is 34.3 Å². The van der Waals surface area contributed by atoms with Crippen LogP contribution in [0.2, 0.25) is 5.02 Å². The molecule has 0 spiro atoms. The van der Waals surface area contributed by atoms with Crippen LogP contribution in [0, 0.1) is 0 Å². The first-order chi connectivity index (χ1) is 18.7. The normalized spacial score (nSPS) is 23.8. The highest BCUT2D eigenvalue weighted by Crippen LogP contribution is 2.34. The lowest BCUT2D eigenvalue weighted by Crippen LogP contribution is -2.56. The van der Waals surface area contributed by atoms with Crippen LogP contribution in [0.4, 0.5) is 0 Å². The van der Waals surface area contributed by atoms with E-state index in [1.54, 1.807) is 29.2 Å². The average molecular weight is 629 g/mol. The number of fused-ring (bicyclic) bond motifs is 2. The molecule has 3 unspecified atom stereocenters. The van der Waals surface area contributed by atoms with Crippen molar-refractivity contribution < 1.29 is 21.7 Å². The van der Waals surface area contributed by atoms with E-state index in [0.29, 0.717) is 41.3 Å². The Kier molecular flexibility index (Phi) is 7.41. The first-order valence-corrected chi connectivity index (χ1v) is 16.8. The minimum absolute atomic E-state index is 0.115. The van der Waals surface area contributed by atoms with Gasteiger partial charge in [-0.05, 0) is 36.9 Å². The molecular weight excluding hydrogens is 604 g/mol. The van der Waals surface area contributed by atoms with E-state index in [0.717, 1.165) is 27.1 Å². The molecule has 3 aromatic rings. The van der Waals surface area contributed by atoms with Gasteiger partial charge in [-0.1, -0.05) is 22.8 Å². The van der Waals surface area contributed by atoms with Gasteiger partial charge < -0.3 is 10.2 Å². The van der Waals surface area contributed by atoms with Crippen molar-refractivity contribution in [2.24, 2.45) is 5.16 Å². The number of amidine groups is 1. The predicted molar refractivity (Wildman–Crippen MR) is 152 cm³/mol. The summed E-state index contributed by atoms with van der Waals surface area (Å²) < 4.78 is 48.7. The number of nitrogens with one attached hydrogen (secondary N) is 2. The molecule has 0 aliphatic carbocycles. The molecule has 1 amide bonds. The van der Waals surface area contributed by atoms with Gasteiger partial charge in [0.25, 0.3) is 15.9 Å². The average Bonchev–Trinajstić information content (AvgIpc) is 3.64. The molecule has 6 rings (SSSR count). The zero-order valence-electron chi connectivity index (χ0n) is 20.8. The number of thiazole rings is 1. The first-order valence-electron chi connectivity index (χ1n) is 12.3. The van der Waals surface area contributed by atoms with E-state index in [1.165, 1.54) is 27.0 Å². The smallest absolute Gasteiger partial charge is 0.331 e. The summed E-state index contributed by atoms with van der Waals surface area (Å²) in [5.74, 6) is 0.189. The summed E-state index contributed by atoms with van der Waals surface area (Å²) in [6.07, 6.45) is 1.50. The number of oxime groups is 1. The SMILES string of the molecule is CC1Cc2nc(C(=O)N3CCN(S(=O)(=O)c4cc5ccc(Cl)cc5s4)CC3CCC3=NOS(=O)N3)sc2CN1. The lowest BCUT2D eigenvalue weighted by Gasteiger charge is -2.40. The standard InChI is InChI=1S/C23H25ClN6O5S4/c1-13-8-17-19(11-25-13)37-22(26-17)23(31)30-7-6-29(12-16(30)4-5-20-27-35-38(32)28-20)39(33,34)21-9-14-2-3-15(24)10-18(14)36-21/h2-3,9-10,13,16,25H,4-8,11-12H2,1H3,(H,27,28). The highest BCUT2D eigenvalue weighted by atomic mass is 35.5. The minimum Gasteiger partial charge on any atom is -0.331 e. The quantitative estimate of drug-likeness (QED) is 0.429. The number of benzene rings is 1. The molecule has 208 valence electrons. The number of aromatic nitrogens is 1. The van der Waals surface area contributed by atoms with Gasteiger partial charge in [0.1, 0.15) is 4.21 Å². The number of nitrogens with zero attached hydrogens (tertiary/aromatic N) is 4. The van der Waals surface area contributed by atoms with Crippen molar-refractivity contribution in [3.05, 3.63) is 44.9 Å². The third-order valence-corrected chi connectivity index (χ3v) is 12.3. The van der Waals surface area contributed by atoms with E-state index in [1.807, 2.05) is 0 Å². The summed E-state index contributed by atoms with van der Waals surface area (Å²) in [7, 11) is -3.81. The fraction of sp³-hybridized carbons (Fsp3) is 0.435. The molecule has 0 bridgehead atoms. The highest BCUT2D eigenvalue weighted by Gasteiger charge is 2.38. The van der Waals surface area contributed by atoms with Crippen LogP contribution in [0.25, 0.3) is 10.1 Å². The maximum absolute atomic E-state index is 13.7. The van der Waals surface area contributed by atoms with Crippen molar-refractivity contribution in [2.45, 2.75) is 49.0 Å². The van der Waals surface area contributed by atoms with Crippen molar-refractivity contribution in [2.75, 3.05) is 19.6 Å². The summed E-state index contributed by atoms with van der Waals surface area (Å²) in [6, 6.07) is 6.81. The van der Waals surface area contributed by atoms with Gasteiger partial charge in [-0.25, -0.2) is 13.4 Å². The largest absolute Gasteiger partial charge is 0.338 e. The molecule has 2 aromatic heterocycles. The summed E-state index contributed by atoms with van der Waals surface area (Å²) in [5.41, 5.74) is 0.946. The summed E-state index contributed by atoms with van der Waals surface area (Å²) >= 11 is 6.95. The number of carbonyl (C=O) groups is 1. The molecule has 3 atom stereocenters. The maximum atomic E-state index is 13.7. The van der Waals surface area contributed by atoms with Crippen LogP contribution in [0.1, 0.15) is 40.1 Å². The number of hydrogen-bond donors (Lipinski definition) is 2. The molecular formula is C23H25ClN6O5S4. The van der Waals surface area contributed by atoms with Crippen LogP contribution in [0.3, 0.4) is 0 Å². The fourth-order valence-electron chi connectivity index (χ4n) is 4.93. The number of piperazine rings is 1. The van der Waals surface area contributed by atoms with Crippen LogP contribution in [-0.2, 0) is 38.5 Å². The molecule has 3 aliphatic heterocycles. The van der Waals surface area contributed by atoms with E-state index >= 15 is 0 Å². The number of hydrogen-bond acceptors (Lipinski definition) is 10. The predicted octanol–water partition coefficient (Wildman–Crippen LogP) is 2.85. The number of carbonyl (C=O) groups excluding carboxylic acids is 1. The number of halogens is 1. The molecule has 1 saturated heterocycles. The van der Waals surface area contributed by atoms with Crippen LogP contribution in [-0.4, -0.2) is 70.3 Å². The molecule has 5 heterocycles. The lowest BCUT2D eigenvalue weighted by molar-refractivity contribution is 0.0553. The van der Waals surface area contributed by atoms with Gasteiger partial charge in [0, 0.05) is 65.7 Å². The Morgan fingerprint density at radius 2 is 2.13 bits per heavy atom. The topological polar surface area (TPSA) is 133 Å². The zero-order chi connectivity index (χ0) is 27.3. The van der Waals surface area contributed by atoms with Gasteiger partial charge in [0.05, 0.1) is 5.69 Å². The monoisotopic (exact) mass is 628 g/mol. The number of thiophene rings is 1. The van der Waals surface area contributed by atoms with Crippen molar-refractivity contribution in [1.82, 2.24) is 24.2 Å². The summed E-state index contributed by atoms with van der Waals surface area (Å²) in [4.78, 5) is 21.1. The second-order valence-electron chi connectivity index (χ2n) is 9.63. The van der Waals surface area contributed by atoms with E-state index in [9.17, 15) is 17.4 Å². The first kappa shape index (κ1) is 27.1. The Bertz CT molecular complexity index is 1610. The zero-order valence-corrected chi connectivity index (χ0v) is 24.8. The Morgan fingerprint density at radius 1 is 1.28 bits per heavy atom. The van der Waals surface area contributed by atoms with E-state index in [-0.39, 0.29) is 29.8 Å². The molecule has 1 aromatic carbocycles. The molecule has 3 aliphatic rings. The molecule has 11 nitrogen and oxygen atoms in total. The van der Waals surface area contributed by atoms with Gasteiger partial charge in [-0.15, -0.1) is 22.7 Å². The van der Waals surface area contributed by atoms with Gasteiger partial charge in [0.15, 0.2) is 10.8 Å². The minimum atomic E-state index is -3.81. The molecule has 16 heteroatoms. The third kappa shape index (κ3) is 5.45. The van der Waals surface area contributed by atoms with Crippen LogP contribution < -0.4 is 10.0 Å². The molecule has 39 heavy (non-hydrogen) atoms. The van der Waals surface area contributed by atoms with Gasteiger partial charge >= 0.3 is 11.3 Å². The molecule has 0 radical (unpaired) electrons. The Hall–Kier alpha value is -2.14. The molecule has 0 saturated carbocycles.